The van der Waals surface area contributed by atoms with Crippen molar-refractivity contribution >= 4 is 5.69 Å². The van der Waals surface area contributed by atoms with Crippen molar-refractivity contribution in [2.45, 2.75) is 13.5 Å². The molecule has 4 nitrogen and oxygen atoms in total. The Hall–Kier alpha value is -2.07. The van der Waals surface area contributed by atoms with Gasteiger partial charge in [-0.2, -0.15) is 0 Å². The van der Waals surface area contributed by atoms with Crippen molar-refractivity contribution in [1.82, 2.24) is 4.98 Å². The second-order valence-corrected chi connectivity index (χ2v) is 4.32. The van der Waals surface area contributed by atoms with E-state index in [0.29, 0.717) is 13.2 Å². The lowest BCUT2D eigenvalue weighted by Crippen LogP contribution is -2.11. The van der Waals surface area contributed by atoms with E-state index in [2.05, 4.69) is 10.3 Å². The zero-order chi connectivity index (χ0) is 13.5. The van der Waals surface area contributed by atoms with Gasteiger partial charge in [0.2, 0.25) is 0 Å². The maximum atomic E-state index is 9.13. The van der Waals surface area contributed by atoms with E-state index in [1.807, 2.05) is 37.3 Å². The van der Waals surface area contributed by atoms with Crippen LogP contribution in [0.25, 0.3) is 0 Å². The fourth-order valence-electron chi connectivity index (χ4n) is 1.83. The monoisotopic (exact) mass is 258 g/mol. The van der Waals surface area contributed by atoms with Crippen LogP contribution in [0.1, 0.15) is 11.1 Å². The number of rotatable bonds is 6. The van der Waals surface area contributed by atoms with Crippen LogP contribution < -0.4 is 10.1 Å². The van der Waals surface area contributed by atoms with Crippen molar-refractivity contribution in [1.29, 1.82) is 0 Å². The standard InChI is InChI=1S/C15H18N2O2/c1-12-8-13(11-18)10-15(9-12)19-7-6-17-14-2-4-16-5-3-14/h2-5,8-10,18H,6-7,11H2,1H3,(H,16,17). The molecule has 2 N–H and O–H groups in total. The number of nitrogens with one attached hydrogen (secondary N) is 1. The summed E-state index contributed by atoms with van der Waals surface area (Å²) in [6, 6.07) is 9.60. The zero-order valence-electron chi connectivity index (χ0n) is 11.0. The molecule has 2 aromatic rings. The van der Waals surface area contributed by atoms with Gasteiger partial charge in [0.25, 0.3) is 0 Å². The van der Waals surface area contributed by atoms with Crippen LogP contribution in [-0.2, 0) is 6.61 Å². The summed E-state index contributed by atoms with van der Waals surface area (Å²) in [4.78, 5) is 3.96. The first-order valence-corrected chi connectivity index (χ1v) is 6.26. The van der Waals surface area contributed by atoms with Gasteiger partial charge < -0.3 is 15.2 Å². The lowest BCUT2D eigenvalue weighted by atomic mass is 10.1. The number of aromatic nitrogens is 1. The molecule has 0 amide bonds. The highest BCUT2D eigenvalue weighted by atomic mass is 16.5. The number of hydrogen-bond donors (Lipinski definition) is 2. The number of nitrogens with zero attached hydrogens (tertiary/aromatic N) is 1. The van der Waals surface area contributed by atoms with Crippen molar-refractivity contribution < 1.29 is 9.84 Å². The Morgan fingerprint density at radius 1 is 1.21 bits per heavy atom. The van der Waals surface area contributed by atoms with Gasteiger partial charge in [0.05, 0.1) is 6.61 Å². The molecule has 0 spiro atoms. The van der Waals surface area contributed by atoms with Crippen LogP contribution in [0.15, 0.2) is 42.7 Å². The fourth-order valence-corrected chi connectivity index (χ4v) is 1.83. The summed E-state index contributed by atoms with van der Waals surface area (Å²) >= 11 is 0. The van der Waals surface area contributed by atoms with Gasteiger partial charge in [0.15, 0.2) is 0 Å². The lowest BCUT2D eigenvalue weighted by molar-refractivity contribution is 0.279. The number of aryl methyl sites for hydroxylation is 1. The van der Waals surface area contributed by atoms with E-state index in [1.165, 1.54) is 0 Å². The minimum atomic E-state index is 0.0350. The third-order valence-electron chi connectivity index (χ3n) is 2.67. The first-order chi connectivity index (χ1) is 9.28. The van der Waals surface area contributed by atoms with Crippen molar-refractivity contribution in [2.24, 2.45) is 0 Å². The molecule has 1 aromatic heterocycles. The van der Waals surface area contributed by atoms with E-state index >= 15 is 0 Å². The van der Waals surface area contributed by atoms with E-state index in [1.54, 1.807) is 12.4 Å². The Morgan fingerprint density at radius 3 is 2.74 bits per heavy atom. The van der Waals surface area contributed by atoms with E-state index in [9.17, 15) is 0 Å². The van der Waals surface area contributed by atoms with Crippen LogP contribution >= 0.6 is 0 Å². The number of benzene rings is 1. The Balaban J connectivity index is 1.81. The fraction of sp³-hybridized carbons (Fsp3) is 0.267. The van der Waals surface area contributed by atoms with E-state index in [-0.39, 0.29) is 6.61 Å². The van der Waals surface area contributed by atoms with Crippen LogP contribution in [0.4, 0.5) is 5.69 Å². The van der Waals surface area contributed by atoms with Crippen molar-refractivity contribution in [3.8, 4) is 5.75 Å². The Labute approximate surface area is 113 Å². The van der Waals surface area contributed by atoms with E-state index in [0.717, 1.165) is 22.6 Å². The molecular weight excluding hydrogens is 240 g/mol. The molecule has 0 aliphatic heterocycles. The summed E-state index contributed by atoms with van der Waals surface area (Å²) in [5, 5.41) is 12.4. The second-order valence-electron chi connectivity index (χ2n) is 4.32. The third kappa shape index (κ3) is 4.26. The molecule has 1 aromatic carbocycles. The summed E-state index contributed by atoms with van der Waals surface area (Å²) in [6.07, 6.45) is 3.49. The smallest absolute Gasteiger partial charge is 0.120 e. The zero-order valence-corrected chi connectivity index (χ0v) is 11.0. The van der Waals surface area contributed by atoms with Crippen LogP contribution in [0.3, 0.4) is 0 Å². The molecule has 4 heteroatoms. The van der Waals surface area contributed by atoms with E-state index < -0.39 is 0 Å². The lowest BCUT2D eigenvalue weighted by Gasteiger charge is -2.10. The molecule has 0 fully saturated rings. The molecule has 0 saturated carbocycles. The SMILES string of the molecule is Cc1cc(CO)cc(OCCNc2ccncc2)c1. The highest BCUT2D eigenvalue weighted by molar-refractivity contribution is 5.40. The summed E-state index contributed by atoms with van der Waals surface area (Å²) < 4.78 is 5.66. The quantitative estimate of drug-likeness (QED) is 0.781. The second kappa shape index (κ2) is 6.75. The number of ether oxygens (including phenoxy) is 1. The number of pyridine rings is 1. The third-order valence-corrected chi connectivity index (χ3v) is 2.67. The maximum Gasteiger partial charge on any atom is 0.120 e. The van der Waals surface area contributed by atoms with Gasteiger partial charge in [-0.25, -0.2) is 0 Å². The van der Waals surface area contributed by atoms with Gasteiger partial charge in [-0.3, -0.25) is 4.98 Å². The molecule has 0 atom stereocenters. The molecule has 1 heterocycles. The Morgan fingerprint density at radius 2 is 2.00 bits per heavy atom. The van der Waals surface area contributed by atoms with Crippen molar-refractivity contribution in [3.05, 3.63) is 53.9 Å². The first kappa shape index (κ1) is 13.4. The predicted octanol–water partition coefficient (Wildman–Crippen LogP) is 2.37. The van der Waals surface area contributed by atoms with Crippen molar-refractivity contribution in [3.63, 3.8) is 0 Å². The normalized spacial score (nSPS) is 10.2. The summed E-state index contributed by atoms with van der Waals surface area (Å²) in [6.45, 7) is 3.30. The highest BCUT2D eigenvalue weighted by Crippen LogP contribution is 2.16. The molecule has 0 unspecified atom stereocenters. The first-order valence-electron chi connectivity index (χ1n) is 6.26. The van der Waals surface area contributed by atoms with Crippen LogP contribution in [0.5, 0.6) is 5.75 Å². The minimum absolute atomic E-state index is 0.0350. The van der Waals surface area contributed by atoms with Gasteiger partial charge in [0.1, 0.15) is 12.4 Å². The average Bonchev–Trinajstić information content (AvgIpc) is 2.44. The largest absolute Gasteiger partial charge is 0.492 e. The Kier molecular flexibility index (Phi) is 4.75. The van der Waals surface area contributed by atoms with Gasteiger partial charge in [0, 0.05) is 24.6 Å². The summed E-state index contributed by atoms with van der Waals surface area (Å²) in [7, 11) is 0. The molecule has 100 valence electrons. The van der Waals surface area contributed by atoms with E-state index in [4.69, 9.17) is 9.84 Å². The summed E-state index contributed by atoms with van der Waals surface area (Å²) in [5.74, 6) is 0.792. The number of aliphatic hydroxyl groups excluding tert-OH is 1. The molecule has 19 heavy (non-hydrogen) atoms. The number of hydrogen-bond acceptors (Lipinski definition) is 4. The molecular formula is C15H18N2O2. The van der Waals surface area contributed by atoms with Gasteiger partial charge in [-0.15, -0.1) is 0 Å². The van der Waals surface area contributed by atoms with Crippen LogP contribution in [-0.4, -0.2) is 23.2 Å². The molecule has 2 rings (SSSR count). The highest BCUT2D eigenvalue weighted by Gasteiger charge is 1.99. The number of aliphatic hydroxyl groups is 1. The summed E-state index contributed by atoms with van der Waals surface area (Å²) in [5.41, 5.74) is 2.99. The molecule has 0 bridgehead atoms. The Bertz CT molecular complexity index is 515. The van der Waals surface area contributed by atoms with Crippen LogP contribution in [0, 0.1) is 6.92 Å². The predicted molar refractivity (Wildman–Crippen MR) is 75.3 cm³/mol. The molecule has 0 aliphatic carbocycles. The molecule has 0 aliphatic rings. The van der Waals surface area contributed by atoms with Gasteiger partial charge >= 0.3 is 0 Å². The average molecular weight is 258 g/mol. The molecule has 0 radical (unpaired) electrons. The molecule has 0 saturated heterocycles. The topological polar surface area (TPSA) is 54.4 Å². The number of anilines is 1. The van der Waals surface area contributed by atoms with Gasteiger partial charge in [-0.1, -0.05) is 6.07 Å². The van der Waals surface area contributed by atoms with Gasteiger partial charge in [-0.05, 0) is 42.3 Å². The minimum Gasteiger partial charge on any atom is -0.492 e. The maximum absolute atomic E-state index is 9.13. The van der Waals surface area contributed by atoms with Crippen molar-refractivity contribution in [2.75, 3.05) is 18.5 Å². The van der Waals surface area contributed by atoms with Crippen LogP contribution in [0.2, 0.25) is 0 Å².